The number of halogens is 1. The molecule has 1 fully saturated rings. The van der Waals surface area contributed by atoms with E-state index in [0.717, 1.165) is 11.1 Å². The molecule has 4 rings (SSSR count). The van der Waals surface area contributed by atoms with Crippen LogP contribution in [-0.4, -0.2) is 16.8 Å². The van der Waals surface area contributed by atoms with E-state index in [4.69, 9.17) is 16.0 Å². The van der Waals surface area contributed by atoms with Gasteiger partial charge in [0.1, 0.15) is 17.6 Å². The number of rotatable bonds is 3. The molecule has 1 unspecified atom stereocenters. The van der Waals surface area contributed by atoms with Gasteiger partial charge in [-0.1, -0.05) is 35.4 Å². The third kappa shape index (κ3) is 3.23. The lowest BCUT2D eigenvalue weighted by atomic mass is 9.96. The van der Waals surface area contributed by atoms with Crippen LogP contribution in [0.3, 0.4) is 0 Å². The maximum absolute atomic E-state index is 13.0. The molecule has 146 valence electrons. The minimum absolute atomic E-state index is 0.0152. The second kappa shape index (κ2) is 7.26. The minimum atomic E-state index is -0.900. The smallest absolute Gasteiger partial charge is 0.300 e. The molecule has 0 aliphatic carbocycles. The number of hydrogen-bond acceptors (Lipinski definition) is 4. The number of Topliss-reactive ketones (excluding diaryl/α,β-unsaturated/α-hetero) is 1. The topological polar surface area (TPSA) is 70.8 Å². The van der Waals surface area contributed by atoms with E-state index >= 15 is 0 Å². The summed E-state index contributed by atoms with van der Waals surface area (Å²) in [6.07, 6.45) is 1.46. The molecule has 29 heavy (non-hydrogen) atoms. The zero-order chi connectivity index (χ0) is 20.7. The largest absolute Gasteiger partial charge is 0.507 e. The Morgan fingerprint density at radius 2 is 1.86 bits per heavy atom. The molecule has 1 N–H and O–H groups in total. The standard InChI is InChI=1S/C23H18ClNO4/c1-13-8-9-14(2)17(11-13)21(26)19-20(18-7-4-10-29-18)25(23(28)22(19)27)16-6-3-5-15(24)12-16/h3-12,20,26H,1-2H3/b21-19-. The van der Waals surface area contributed by atoms with E-state index in [2.05, 4.69) is 0 Å². The molecule has 1 aliphatic rings. The number of ketones is 1. The number of aryl methyl sites for hydroxylation is 2. The van der Waals surface area contributed by atoms with Crippen molar-refractivity contribution in [3.05, 3.63) is 93.9 Å². The van der Waals surface area contributed by atoms with Crippen LogP contribution in [0.15, 0.2) is 70.9 Å². The summed E-state index contributed by atoms with van der Waals surface area (Å²) in [5, 5.41) is 11.5. The maximum Gasteiger partial charge on any atom is 0.300 e. The van der Waals surface area contributed by atoms with Gasteiger partial charge in [-0.2, -0.15) is 0 Å². The highest BCUT2D eigenvalue weighted by atomic mass is 35.5. The van der Waals surface area contributed by atoms with Crippen LogP contribution in [0, 0.1) is 13.8 Å². The quantitative estimate of drug-likeness (QED) is 0.369. The van der Waals surface area contributed by atoms with Crippen molar-refractivity contribution in [1.29, 1.82) is 0 Å². The lowest BCUT2D eigenvalue weighted by molar-refractivity contribution is -0.132. The molecule has 0 spiro atoms. The SMILES string of the molecule is Cc1ccc(C)c(/C(O)=C2/C(=O)C(=O)N(c3cccc(Cl)c3)C2c2ccco2)c1. The van der Waals surface area contributed by atoms with Crippen molar-refractivity contribution in [1.82, 2.24) is 0 Å². The summed E-state index contributed by atoms with van der Waals surface area (Å²) in [5.41, 5.74) is 2.65. The second-order valence-corrected chi connectivity index (χ2v) is 7.42. The molecule has 3 aromatic rings. The number of anilines is 1. The summed E-state index contributed by atoms with van der Waals surface area (Å²) in [6.45, 7) is 3.73. The van der Waals surface area contributed by atoms with Gasteiger partial charge in [0, 0.05) is 16.3 Å². The molecule has 1 amide bonds. The molecule has 0 bridgehead atoms. The molecule has 1 atom stereocenters. The summed E-state index contributed by atoms with van der Waals surface area (Å²) in [4.78, 5) is 27.3. The van der Waals surface area contributed by atoms with E-state index in [1.165, 1.54) is 11.2 Å². The van der Waals surface area contributed by atoms with E-state index in [1.54, 1.807) is 42.5 Å². The predicted molar refractivity (Wildman–Crippen MR) is 111 cm³/mol. The van der Waals surface area contributed by atoms with Crippen LogP contribution in [0.5, 0.6) is 0 Å². The van der Waals surface area contributed by atoms with Gasteiger partial charge in [0.05, 0.1) is 11.8 Å². The second-order valence-electron chi connectivity index (χ2n) is 6.98. The Hall–Kier alpha value is -3.31. The molecule has 1 aliphatic heterocycles. The number of aliphatic hydroxyl groups excluding tert-OH is 1. The lowest BCUT2D eigenvalue weighted by Gasteiger charge is -2.23. The number of carbonyl (C=O) groups is 2. The molecule has 2 aromatic carbocycles. The Morgan fingerprint density at radius 1 is 1.07 bits per heavy atom. The van der Waals surface area contributed by atoms with Crippen molar-refractivity contribution in [2.45, 2.75) is 19.9 Å². The van der Waals surface area contributed by atoms with E-state index in [9.17, 15) is 14.7 Å². The number of furan rings is 1. The molecule has 2 heterocycles. The predicted octanol–water partition coefficient (Wildman–Crippen LogP) is 5.18. The van der Waals surface area contributed by atoms with Crippen molar-refractivity contribution >= 4 is 34.7 Å². The van der Waals surface area contributed by atoms with Gasteiger partial charge in [0.25, 0.3) is 11.7 Å². The first kappa shape index (κ1) is 19.0. The van der Waals surface area contributed by atoms with Crippen LogP contribution in [0.1, 0.15) is 28.5 Å². The first-order valence-corrected chi connectivity index (χ1v) is 9.44. The fraction of sp³-hybridized carbons (Fsp3) is 0.130. The number of nitrogens with zero attached hydrogens (tertiary/aromatic N) is 1. The van der Waals surface area contributed by atoms with Crippen LogP contribution in [0.25, 0.3) is 5.76 Å². The highest BCUT2D eigenvalue weighted by molar-refractivity contribution is 6.51. The molecule has 1 aromatic heterocycles. The zero-order valence-corrected chi connectivity index (χ0v) is 16.6. The Labute approximate surface area is 172 Å². The molecular formula is C23H18ClNO4. The average Bonchev–Trinajstić information content (AvgIpc) is 3.30. The van der Waals surface area contributed by atoms with Crippen molar-refractivity contribution in [2.75, 3.05) is 4.90 Å². The van der Waals surface area contributed by atoms with Crippen LogP contribution in [-0.2, 0) is 9.59 Å². The van der Waals surface area contributed by atoms with Gasteiger partial charge in [0.2, 0.25) is 0 Å². The van der Waals surface area contributed by atoms with Crippen LogP contribution < -0.4 is 4.90 Å². The van der Waals surface area contributed by atoms with Gasteiger partial charge in [-0.15, -0.1) is 0 Å². The fourth-order valence-electron chi connectivity index (χ4n) is 3.58. The van der Waals surface area contributed by atoms with Crippen molar-refractivity contribution < 1.29 is 19.1 Å². The van der Waals surface area contributed by atoms with E-state index in [1.807, 2.05) is 26.0 Å². The highest BCUT2D eigenvalue weighted by Crippen LogP contribution is 2.43. The van der Waals surface area contributed by atoms with Gasteiger partial charge < -0.3 is 9.52 Å². The van der Waals surface area contributed by atoms with Gasteiger partial charge >= 0.3 is 0 Å². The number of aliphatic hydroxyl groups is 1. The lowest BCUT2D eigenvalue weighted by Crippen LogP contribution is -2.29. The fourth-order valence-corrected chi connectivity index (χ4v) is 3.76. The van der Waals surface area contributed by atoms with Crippen LogP contribution in [0.2, 0.25) is 5.02 Å². The van der Waals surface area contributed by atoms with Crippen LogP contribution >= 0.6 is 11.6 Å². The highest BCUT2D eigenvalue weighted by Gasteiger charge is 2.48. The number of carbonyl (C=O) groups excluding carboxylic acids is 2. The summed E-state index contributed by atoms with van der Waals surface area (Å²) in [6, 6.07) is 14.7. The summed E-state index contributed by atoms with van der Waals surface area (Å²) < 4.78 is 5.54. The molecule has 1 saturated heterocycles. The Balaban J connectivity index is 1.97. The maximum atomic E-state index is 13.0. The van der Waals surface area contributed by atoms with Crippen molar-refractivity contribution in [3.8, 4) is 0 Å². The van der Waals surface area contributed by atoms with E-state index in [-0.39, 0.29) is 11.3 Å². The van der Waals surface area contributed by atoms with Gasteiger partial charge in [-0.05, 0) is 55.8 Å². The molecule has 0 radical (unpaired) electrons. The number of amides is 1. The Bertz CT molecular complexity index is 1150. The minimum Gasteiger partial charge on any atom is -0.507 e. The monoisotopic (exact) mass is 407 g/mol. The zero-order valence-electron chi connectivity index (χ0n) is 15.8. The first-order chi connectivity index (χ1) is 13.9. The van der Waals surface area contributed by atoms with Crippen molar-refractivity contribution in [2.24, 2.45) is 0 Å². The van der Waals surface area contributed by atoms with Gasteiger partial charge in [-0.25, -0.2) is 0 Å². The molecule has 5 nitrogen and oxygen atoms in total. The van der Waals surface area contributed by atoms with Gasteiger partial charge in [0.15, 0.2) is 0 Å². The number of hydrogen-bond donors (Lipinski definition) is 1. The summed E-state index contributed by atoms with van der Waals surface area (Å²) in [7, 11) is 0. The third-order valence-corrected chi connectivity index (χ3v) is 5.23. The average molecular weight is 408 g/mol. The molecule has 0 saturated carbocycles. The Morgan fingerprint density at radius 3 is 2.55 bits per heavy atom. The number of benzene rings is 2. The Kier molecular flexibility index (Phi) is 4.76. The van der Waals surface area contributed by atoms with Gasteiger partial charge in [-0.3, -0.25) is 14.5 Å². The first-order valence-electron chi connectivity index (χ1n) is 9.06. The van der Waals surface area contributed by atoms with Crippen LogP contribution in [0.4, 0.5) is 5.69 Å². The normalized spacial score (nSPS) is 18.4. The summed E-state index contributed by atoms with van der Waals surface area (Å²) in [5.74, 6) is -1.38. The third-order valence-electron chi connectivity index (χ3n) is 4.99. The summed E-state index contributed by atoms with van der Waals surface area (Å²) >= 11 is 6.11. The van der Waals surface area contributed by atoms with E-state index < -0.39 is 17.7 Å². The molecule has 6 heteroatoms. The van der Waals surface area contributed by atoms with E-state index in [0.29, 0.717) is 22.0 Å². The molecular weight excluding hydrogens is 390 g/mol. The van der Waals surface area contributed by atoms with Crippen molar-refractivity contribution in [3.63, 3.8) is 0 Å².